The first-order valence-electron chi connectivity index (χ1n) is 9.31. The van der Waals surface area contributed by atoms with Crippen LogP contribution in [0.25, 0.3) is 22.2 Å². The van der Waals surface area contributed by atoms with Gasteiger partial charge in [0.05, 0.1) is 16.0 Å². The first-order chi connectivity index (χ1) is 13.8. The monoisotopic (exact) mass is 406 g/mol. The molecule has 0 saturated carbocycles. The van der Waals surface area contributed by atoms with E-state index in [9.17, 15) is 8.42 Å². The maximum Gasteiger partial charge on any atom is 0.265 e. The van der Waals surface area contributed by atoms with Gasteiger partial charge in [-0.3, -0.25) is 4.31 Å². The van der Waals surface area contributed by atoms with Crippen molar-refractivity contribution in [2.45, 2.75) is 25.7 Å². The lowest BCUT2D eigenvalue weighted by molar-refractivity contribution is 0.548. The summed E-state index contributed by atoms with van der Waals surface area (Å²) in [6.45, 7) is 5.75. The Morgan fingerprint density at radius 2 is 1.59 bits per heavy atom. The van der Waals surface area contributed by atoms with E-state index in [-0.39, 0.29) is 4.90 Å². The van der Waals surface area contributed by atoms with Crippen molar-refractivity contribution in [3.63, 3.8) is 0 Å². The highest BCUT2D eigenvalue weighted by Crippen LogP contribution is 2.38. The zero-order chi connectivity index (χ0) is 20.8. The van der Waals surface area contributed by atoms with Crippen molar-refractivity contribution < 1.29 is 12.8 Å². The minimum Gasteiger partial charge on any atom is -0.461 e. The number of aromatic nitrogens is 1. The fraction of sp³-hybridized carbons (Fsp3) is 0.174. The van der Waals surface area contributed by atoms with Gasteiger partial charge in [0.15, 0.2) is 5.82 Å². The summed E-state index contributed by atoms with van der Waals surface area (Å²) in [5.74, 6) is 1.69. The second-order valence-electron chi connectivity index (χ2n) is 7.15. The molecule has 6 heteroatoms. The molecule has 0 unspecified atom stereocenters. The molecule has 148 valence electrons. The number of para-hydroxylation sites is 1. The van der Waals surface area contributed by atoms with Crippen LogP contribution in [0.3, 0.4) is 0 Å². The van der Waals surface area contributed by atoms with Crippen LogP contribution in [0.5, 0.6) is 0 Å². The third-order valence-electron chi connectivity index (χ3n) is 5.10. The van der Waals surface area contributed by atoms with E-state index in [0.29, 0.717) is 17.1 Å². The average molecular weight is 407 g/mol. The zero-order valence-electron chi connectivity index (χ0n) is 16.8. The number of fused-ring (bicyclic) bond motifs is 1. The van der Waals surface area contributed by atoms with Crippen molar-refractivity contribution in [3.8, 4) is 11.3 Å². The van der Waals surface area contributed by atoms with E-state index in [1.54, 1.807) is 24.3 Å². The number of anilines is 1. The van der Waals surface area contributed by atoms with Crippen LogP contribution in [0.2, 0.25) is 0 Å². The Morgan fingerprint density at radius 3 is 2.24 bits per heavy atom. The second-order valence-corrected chi connectivity index (χ2v) is 9.12. The third kappa shape index (κ3) is 3.29. The molecular weight excluding hydrogens is 384 g/mol. The summed E-state index contributed by atoms with van der Waals surface area (Å²) in [4.78, 5) is 4.94. The Balaban J connectivity index is 1.98. The van der Waals surface area contributed by atoms with Gasteiger partial charge in [0.2, 0.25) is 0 Å². The van der Waals surface area contributed by atoms with Gasteiger partial charge in [-0.1, -0.05) is 35.9 Å². The van der Waals surface area contributed by atoms with Crippen molar-refractivity contribution in [1.29, 1.82) is 0 Å². The number of pyridine rings is 1. The first-order valence-corrected chi connectivity index (χ1v) is 10.7. The Morgan fingerprint density at radius 1 is 0.897 bits per heavy atom. The largest absolute Gasteiger partial charge is 0.461 e. The zero-order valence-corrected chi connectivity index (χ0v) is 17.6. The van der Waals surface area contributed by atoms with E-state index in [4.69, 9.17) is 9.40 Å². The van der Waals surface area contributed by atoms with Crippen LogP contribution in [-0.2, 0) is 10.0 Å². The summed E-state index contributed by atoms with van der Waals surface area (Å²) in [7, 11) is -2.26. The van der Waals surface area contributed by atoms with E-state index >= 15 is 0 Å². The average Bonchev–Trinajstić information content (AvgIpc) is 3.13. The third-order valence-corrected chi connectivity index (χ3v) is 6.86. The Kier molecular flexibility index (Phi) is 4.67. The van der Waals surface area contributed by atoms with Crippen molar-refractivity contribution in [3.05, 3.63) is 77.6 Å². The van der Waals surface area contributed by atoms with Crippen LogP contribution in [-0.4, -0.2) is 20.4 Å². The smallest absolute Gasteiger partial charge is 0.265 e. The summed E-state index contributed by atoms with van der Waals surface area (Å²) < 4.78 is 33.8. The second kappa shape index (κ2) is 7.04. The molecule has 5 nitrogen and oxygen atoms in total. The molecule has 0 atom stereocenters. The van der Waals surface area contributed by atoms with E-state index < -0.39 is 10.0 Å². The molecule has 0 spiro atoms. The van der Waals surface area contributed by atoms with Gasteiger partial charge < -0.3 is 4.42 Å². The SMILES string of the molecule is Cc1ccc(S(=O)(=O)N(C)c2nc3ccccc3c(C)c2-c2ccc(C)o2)cc1. The Labute approximate surface area is 170 Å². The predicted molar refractivity (Wildman–Crippen MR) is 116 cm³/mol. The van der Waals surface area contributed by atoms with E-state index in [1.165, 1.54) is 11.4 Å². The molecule has 4 aromatic rings. The molecule has 29 heavy (non-hydrogen) atoms. The number of nitrogens with zero attached hydrogens (tertiary/aromatic N) is 2. The fourth-order valence-corrected chi connectivity index (χ4v) is 4.59. The van der Waals surface area contributed by atoms with Crippen LogP contribution in [0.4, 0.5) is 5.82 Å². The van der Waals surface area contributed by atoms with Crippen LogP contribution < -0.4 is 4.31 Å². The van der Waals surface area contributed by atoms with Crippen molar-refractivity contribution in [1.82, 2.24) is 4.98 Å². The van der Waals surface area contributed by atoms with Crippen LogP contribution in [0.15, 0.2) is 70.0 Å². The summed E-state index contributed by atoms with van der Waals surface area (Å²) in [6.07, 6.45) is 0. The number of benzene rings is 2. The molecule has 0 N–H and O–H groups in total. The van der Waals surface area contributed by atoms with Crippen molar-refractivity contribution in [2.24, 2.45) is 0 Å². The van der Waals surface area contributed by atoms with Gasteiger partial charge in [0.25, 0.3) is 10.0 Å². The van der Waals surface area contributed by atoms with Gasteiger partial charge in [0.1, 0.15) is 11.5 Å². The molecule has 2 heterocycles. The molecule has 0 amide bonds. The van der Waals surface area contributed by atoms with E-state index in [2.05, 4.69) is 0 Å². The normalized spacial score (nSPS) is 11.7. The van der Waals surface area contributed by atoms with Crippen molar-refractivity contribution >= 4 is 26.7 Å². The summed E-state index contributed by atoms with van der Waals surface area (Å²) in [5.41, 5.74) is 3.33. The fourth-order valence-electron chi connectivity index (χ4n) is 3.43. The number of sulfonamides is 1. The molecular formula is C23H22N2O3S. The van der Waals surface area contributed by atoms with Gasteiger partial charge in [-0.05, 0) is 56.7 Å². The number of furan rings is 1. The maximum atomic E-state index is 13.3. The molecule has 0 aliphatic rings. The molecule has 2 aromatic carbocycles. The van der Waals surface area contributed by atoms with E-state index in [0.717, 1.165) is 27.8 Å². The molecule has 0 aliphatic carbocycles. The number of aryl methyl sites for hydroxylation is 3. The van der Waals surface area contributed by atoms with Gasteiger partial charge in [0, 0.05) is 12.4 Å². The topological polar surface area (TPSA) is 63.4 Å². The number of hydrogen-bond donors (Lipinski definition) is 0. The van der Waals surface area contributed by atoms with Crippen molar-refractivity contribution in [2.75, 3.05) is 11.4 Å². The highest BCUT2D eigenvalue weighted by Gasteiger charge is 2.27. The molecule has 0 aliphatic heterocycles. The molecule has 0 bridgehead atoms. The molecule has 0 fully saturated rings. The molecule has 2 aromatic heterocycles. The minimum atomic E-state index is -3.79. The summed E-state index contributed by atoms with van der Waals surface area (Å²) in [5, 5.41) is 0.960. The van der Waals surface area contributed by atoms with Gasteiger partial charge in [-0.25, -0.2) is 13.4 Å². The Bertz CT molecular complexity index is 1310. The lowest BCUT2D eigenvalue weighted by Crippen LogP contribution is -2.28. The molecule has 4 rings (SSSR count). The van der Waals surface area contributed by atoms with Gasteiger partial charge in [-0.15, -0.1) is 0 Å². The minimum absolute atomic E-state index is 0.222. The van der Waals surface area contributed by atoms with E-state index in [1.807, 2.05) is 57.2 Å². The lowest BCUT2D eigenvalue weighted by atomic mass is 10.0. The predicted octanol–water partition coefficient (Wildman–Crippen LogP) is 5.25. The molecule has 0 saturated heterocycles. The standard InChI is InChI=1S/C23H22N2O3S/c1-15-9-12-18(13-10-15)29(26,27)25(4)23-22(21-14-11-16(2)28-21)17(3)19-7-5-6-8-20(19)24-23/h5-14H,1-4H3. The van der Waals surface area contributed by atoms with Crippen LogP contribution >= 0.6 is 0 Å². The maximum absolute atomic E-state index is 13.3. The number of hydrogen-bond acceptors (Lipinski definition) is 4. The highest BCUT2D eigenvalue weighted by molar-refractivity contribution is 7.92. The van der Waals surface area contributed by atoms with Gasteiger partial charge >= 0.3 is 0 Å². The Hall–Kier alpha value is -3.12. The molecule has 0 radical (unpaired) electrons. The highest BCUT2D eigenvalue weighted by atomic mass is 32.2. The quantitative estimate of drug-likeness (QED) is 0.465. The summed E-state index contributed by atoms with van der Waals surface area (Å²) >= 11 is 0. The van der Waals surface area contributed by atoms with Crippen LogP contribution in [0, 0.1) is 20.8 Å². The number of rotatable bonds is 4. The first kappa shape index (κ1) is 19.2. The van der Waals surface area contributed by atoms with Crippen LogP contribution in [0.1, 0.15) is 16.9 Å². The van der Waals surface area contributed by atoms with Gasteiger partial charge in [-0.2, -0.15) is 0 Å². The lowest BCUT2D eigenvalue weighted by Gasteiger charge is -2.23. The summed E-state index contributed by atoms with van der Waals surface area (Å²) in [6, 6.07) is 18.2.